The Labute approximate surface area is 124 Å². The summed E-state index contributed by atoms with van der Waals surface area (Å²) >= 11 is 5.23. The van der Waals surface area contributed by atoms with E-state index in [4.69, 9.17) is 18.0 Å². The molecule has 0 amide bonds. The molecule has 0 aliphatic carbocycles. The summed E-state index contributed by atoms with van der Waals surface area (Å²) < 4.78 is 0. The lowest BCUT2D eigenvalue weighted by molar-refractivity contribution is 0.185. The number of likely N-dealkylation sites (tertiary alicyclic amines) is 1. The highest BCUT2D eigenvalue weighted by molar-refractivity contribution is 7.80. The van der Waals surface area contributed by atoms with Crippen LogP contribution in [0.2, 0.25) is 0 Å². The van der Waals surface area contributed by atoms with E-state index in [-0.39, 0.29) is 6.04 Å². The van der Waals surface area contributed by atoms with Crippen LogP contribution < -0.4 is 5.73 Å². The highest BCUT2D eigenvalue weighted by Crippen LogP contribution is 2.23. The number of rotatable bonds is 3. The fraction of sp³-hybridized carbons (Fsp3) is 0.375. The number of fused-ring (bicyclic) bond motifs is 1. The van der Waals surface area contributed by atoms with E-state index in [0.717, 1.165) is 25.0 Å². The predicted molar refractivity (Wildman–Crippen MR) is 86.6 cm³/mol. The third-order valence-electron chi connectivity index (χ3n) is 4.03. The number of pyridine rings is 1. The van der Waals surface area contributed by atoms with Gasteiger partial charge in [0.05, 0.1) is 16.5 Å². The minimum absolute atomic E-state index is 0.234. The van der Waals surface area contributed by atoms with E-state index in [9.17, 15) is 0 Å². The van der Waals surface area contributed by atoms with E-state index < -0.39 is 0 Å². The van der Waals surface area contributed by atoms with E-state index in [1.165, 1.54) is 23.8 Å². The summed E-state index contributed by atoms with van der Waals surface area (Å²) in [5.41, 5.74) is 8.24. The monoisotopic (exact) mass is 285 g/mol. The van der Waals surface area contributed by atoms with Gasteiger partial charge in [-0.15, -0.1) is 0 Å². The Morgan fingerprint density at radius 3 is 3.00 bits per heavy atom. The molecule has 1 saturated heterocycles. The van der Waals surface area contributed by atoms with Crippen LogP contribution in [0.25, 0.3) is 10.9 Å². The summed E-state index contributed by atoms with van der Waals surface area (Å²) in [6, 6.07) is 10.7. The summed E-state index contributed by atoms with van der Waals surface area (Å²) in [5.74, 6) is 0. The summed E-state index contributed by atoms with van der Waals surface area (Å²) in [4.78, 5) is 7.55. The molecule has 1 atom stereocenters. The largest absolute Gasteiger partial charge is 0.392 e. The quantitative estimate of drug-likeness (QED) is 0.881. The zero-order chi connectivity index (χ0) is 13.9. The molecule has 0 saturated carbocycles. The number of aromatic nitrogens is 1. The average Bonchev–Trinajstić information content (AvgIpc) is 2.48. The van der Waals surface area contributed by atoms with Gasteiger partial charge in [-0.1, -0.05) is 42.9 Å². The molecule has 0 radical (unpaired) electrons. The van der Waals surface area contributed by atoms with Crippen LogP contribution in [0.3, 0.4) is 0 Å². The minimum atomic E-state index is 0.234. The first-order valence-electron chi connectivity index (χ1n) is 7.12. The lowest BCUT2D eigenvalue weighted by Crippen LogP contribution is -2.46. The molecule has 1 unspecified atom stereocenters. The van der Waals surface area contributed by atoms with Gasteiger partial charge in [0.25, 0.3) is 0 Å². The van der Waals surface area contributed by atoms with Crippen LogP contribution in [0.1, 0.15) is 24.8 Å². The normalized spacial score (nSPS) is 20.1. The molecule has 1 aliphatic rings. The van der Waals surface area contributed by atoms with Crippen LogP contribution >= 0.6 is 12.2 Å². The van der Waals surface area contributed by atoms with Crippen molar-refractivity contribution in [1.82, 2.24) is 9.88 Å². The molecule has 1 aliphatic heterocycles. The van der Waals surface area contributed by atoms with Gasteiger partial charge in [0.2, 0.25) is 0 Å². The zero-order valence-corrected chi connectivity index (χ0v) is 12.3. The van der Waals surface area contributed by atoms with Gasteiger partial charge in [0.1, 0.15) is 0 Å². The molecule has 0 spiro atoms. The number of thiocarbonyl (C=S) groups is 1. The van der Waals surface area contributed by atoms with Gasteiger partial charge in [0, 0.05) is 18.1 Å². The lowest BCUT2D eigenvalue weighted by Gasteiger charge is -2.35. The van der Waals surface area contributed by atoms with E-state index in [1.807, 2.05) is 12.3 Å². The number of hydrogen-bond acceptors (Lipinski definition) is 3. The summed E-state index contributed by atoms with van der Waals surface area (Å²) in [6.07, 6.45) is 5.37. The molecular formula is C16H19N3S. The zero-order valence-electron chi connectivity index (χ0n) is 11.5. The highest BCUT2D eigenvalue weighted by Gasteiger charge is 2.24. The van der Waals surface area contributed by atoms with Gasteiger partial charge in [0.15, 0.2) is 0 Å². The Bertz CT molecular complexity index is 621. The molecule has 0 bridgehead atoms. The minimum Gasteiger partial charge on any atom is -0.392 e. The van der Waals surface area contributed by atoms with Crippen molar-refractivity contribution in [1.29, 1.82) is 0 Å². The van der Waals surface area contributed by atoms with Crippen molar-refractivity contribution >= 4 is 28.1 Å². The molecule has 4 heteroatoms. The predicted octanol–water partition coefficient (Wildman–Crippen LogP) is 2.88. The van der Waals surface area contributed by atoms with Crippen molar-refractivity contribution in [2.75, 3.05) is 6.54 Å². The Morgan fingerprint density at radius 2 is 2.15 bits per heavy atom. The second kappa shape index (κ2) is 5.85. The maximum atomic E-state index is 5.90. The molecule has 1 aromatic carbocycles. The Morgan fingerprint density at radius 1 is 1.30 bits per heavy atom. The van der Waals surface area contributed by atoms with Crippen LogP contribution in [-0.2, 0) is 6.54 Å². The Hall–Kier alpha value is -1.52. The first-order valence-corrected chi connectivity index (χ1v) is 7.52. The first kappa shape index (κ1) is 13.5. The Kier molecular flexibility index (Phi) is 3.94. The van der Waals surface area contributed by atoms with Gasteiger partial charge in [-0.3, -0.25) is 9.88 Å². The maximum Gasteiger partial charge on any atom is 0.0902 e. The van der Waals surface area contributed by atoms with Crippen LogP contribution in [0.5, 0.6) is 0 Å². The second-order valence-electron chi connectivity index (χ2n) is 5.38. The van der Waals surface area contributed by atoms with Crippen LogP contribution in [0, 0.1) is 0 Å². The molecule has 3 nitrogen and oxygen atoms in total. The van der Waals surface area contributed by atoms with Gasteiger partial charge in [-0.05, 0) is 31.0 Å². The molecule has 2 aromatic rings. The standard InChI is InChI=1S/C16H19N3S/c17-16(20)14-8-1-2-10-19(14)11-13-6-3-5-12-7-4-9-18-15(12)13/h3-7,9,14H,1-2,8,10-11H2,(H2,17,20). The van der Waals surface area contributed by atoms with E-state index in [1.54, 1.807) is 0 Å². The van der Waals surface area contributed by atoms with Gasteiger partial charge in [-0.2, -0.15) is 0 Å². The molecule has 2 N–H and O–H groups in total. The topological polar surface area (TPSA) is 42.1 Å². The van der Waals surface area contributed by atoms with Crippen LogP contribution in [0.15, 0.2) is 36.5 Å². The van der Waals surface area contributed by atoms with E-state index in [0.29, 0.717) is 4.99 Å². The van der Waals surface area contributed by atoms with Crippen molar-refractivity contribution in [3.63, 3.8) is 0 Å². The molecule has 1 aromatic heterocycles. The molecule has 2 heterocycles. The Balaban J connectivity index is 1.90. The fourth-order valence-corrected chi connectivity index (χ4v) is 3.28. The number of nitrogens with zero attached hydrogens (tertiary/aromatic N) is 2. The molecule has 104 valence electrons. The van der Waals surface area contributed by atoms with Crippen molar-refractivity contribution in [3.8, 4) is 0 Å². The van der Waals surface area contributed by atoms with Crippen molar-refractivity contribution in [2.45, 2.75) is 31.8 Å². The van der Waals surface area contributed by atoms with Gasteiger partial charge in [-0.25, -0.2) is 0 Å². The van der Waals surface area contributed by atoms with Gasteiger partial charge < -0.3 is 5.73 Å². The summed E-state index contributed by atoms with van der Waals surface area (Å²) in [5, 5.41) is 1.19. The fourth-order valence-electron chi connectivity index (χ4n) is 3.02. The number of benzene rings is 1. The number of para-hydroxylation sites is 1. The molecule has 1 fully saturated rings. The van der Waals surface area contributed by atoms with Gasteiger partial charge >= 0.3 is 0 Å². The maximum absolute atomic E-state index is 5.90. The van der Waals surface area contributed by atoms with Crippen LogP contribution in [0.4, 0.5) is 0 Å². The number of piperidine rings is 1. The number of nitrogens with two attached hydrogens (primary N) is 1. The lowest BCUT2D eigenvalue weighted by atomic mass is 10.0. The number of hydrogen-bond donors (Lipinski definition) is 1. The molecule has 3 rings (SSSR count). The van der Waals surface area contributed by atoms with E-state index in [2.05, 4.69) is 34.1 Å². The molecular weight excluding hydrogens is 266 g/mol. The van der Waals surface area contributed by atoms with Crippen molar-refractivity contribution in [3.05, 3.63) is 42.1 Å². The smallest absolute Gasteiger partial charge is 0.0902 e. The average molecular weight is 285 g/mol. The highest BCUT2D eigenvalue weighted by atomic mass is 32.1. The third-order valence-corrected chi connectivity index (χ3v) is 4.30. The second-order valence-corrected chi connectivity index (χ2v) is 5.85. The summed E-state index contributed by atoms with van der Waals surface area (Å²) in [7, 11) is 0. The SMILES string of the molecule is NC(=S)C1CCCCN1Cc1cccc2cccnc12. The van der Waals surface area contributed by atoms with Crippen molar-refractivity contribution < 1.29 is 0 Å². The first-order chi connectivity index (χ1) is 9.75. The van der Waals surface area contributed by atoms with Crippen molar-refractivity contribution in [2.24, 2.45) is 5.73 Å². The van der Waals surface area contributed by atoms with E-state index >= 15 is 0 Å². The summed E-state index contributed by atoms with van der Waals surface area (Å²) in [6.45, 7) is 1.93. The van der Waals surface area contributed by atoms with Crippen LogP contribution in [-0.4, -0.2) is 27.5 Å². The molecule has 20 heavy (non-hydrogen) atoms. The third kappa shape index (κ3) is 2.67.